The highest BCUT2D eigenvalue weighted by molar-refractivity contribution is 6.92. The summed E-state index contributed by atoms with van der Waals surface area (Å²) in [6, 6.07) is 0. The summed E-state index contributed by atoms with van der Waals surface area (Å²) in [5.41, 5.74) is 5.07. The Balaban J connectivity index is 0.000000250. The minimum atomic E-state index is 0. The van der Waals surface area contributed by atoms with Gasteiger partial charge in [-0.2, -0.15) is 20.4 Å². The molecule has 1 aliphatic rings. The maximum atomic E-state index is 3.49. The Hall–Kier alpha value is -0.210. The van der Waals surface area contributed by atoms with E-state index in [1.807, 2.05) is 0 Å². The Morgan fingerprint density at radius 2 is 2.33 bits per heavy atom. The molecule has 0 saturated heterocycles. The number of hydrogen-bond acceptors (Lipinski definition) is 4. The largest absolute Gasteiger partial charge is 0.223 e. The van der Waals surface area contributed by atoms with E-state index in [-0.39, 0.29) is 9.90 Å². The van der Waals surface area contributed by atoms with E-state index in [2.05, 4.69) is 21.3 Å². The topological polar surface area (TPSA) is 48.8 Å². The minimum absolute atomic E-state index is 0. The van der Waals surface area contributed by atoms with E-state index >= 15 is 0 Å². The van der Waals surface area contributed by atoms with Gasteiger partial charge in [0.15, 0.2) is 0 Å². The molecular weight excluding hydrogens is 99.0 g/mol. The molecule has 0 aliphatic carbocycles. The van der Waals surface area contributed by atoms with Gasteiger partial charge in [-0.05, 0) is 0 Å². The van der Waals surface area contributed by atoms with Gasteiger partial charge in [0.25, 0.3) is 0 Å². The van der Waals surface area contributed by atoms with Gasteiger partial charge in [0.05, 0.1) is 0 Å². The number of hydrogen-bond donors (Lipinski definition) is 2. The quantitative estimate of drug-likeness (QED) is 0.408. The van der Waals surface area contributed by atoms with E-state index in [0.717, 1.165) is 0 Å². The van der Waals surface area contributed by atoms with Crippen molar-refractivity contribution in [2.24, 2.45) is 10.3 Å². The maximum absolute atomic E-state index is 3.49. The van der Waals surface area contributed by atoms with Crippen LogP contribution in [0.15, 0.2) is 10.3 Å². The average molecular weight is 106 g/mol. The van der Waals surface area contributed by atoms with E-state index in [0.29, 0.717) is 6.67 Å². The third-order valence-electron chi connectivity index (χ3n) is 0.350. The van der Waals surface area contributed by atoms with E-state index in [1.165, 1.54) is 0 Å². The summed E-state index contributed by atoms with van der Waals surface area (Å²) in [4.78, 5) is 0. The first-order valence-electron chi connectivity index (χ1n) is 1.34. The number of rotatable bonds is 0. The van der Waals surface area contributed by atoms with Gasteiger partial charge >= 0.3 is 0 Å². The first kappa shape index (κ1) is 5.79. The molecule has 1 rings (SSSR count). The minimum Gasteiger partial charge on any atom is -0.223 e. The van der Waals surface area contributed by atoms with Crippen LogP contribution in [0.2, 0.25) is 0 Å². The molecule has 4 nitrogen and oxygen atoms in total. The molecule has 0 fully saturated rings. The third-order valence-corrected chi connectivity index (χ3v) is 0.350. The predicted octanol–water partition coefficient (Wildman–Crippen LogP) is -0.523. The average Bonchev–Trinajstić information content (AvgIpc) is 1.76. The lowest BCUT2D eigenvalue weighted by atomic mass is 11.2. The van der Waals surface area contributed by atoms with Crippen LogP contribution in [0, 0.1) is 0 Å². The highest BCUT2D eigenvalue weighted by Gasteiger charge is 1.81. The summed E-state index contributed by atoms with van der Waals surface area (Å²) in [5.74, 6) is 0. The molecule has 0 aromatic heterocycles. The van der Waals surface area contributed by atoms with Crippen molar-refractivity contribution in [3.63, 3.8) is 0 Å². The van der Waals surface area contributed by atoms with Crippen molar-refractivity contribution in [3.05, 3.63) is 0 Å². The fraction of sp³-hybridized carbons (Fsp3) is 1.00. The summed E-state index contributed by atoms with van der Waals surface area (Å²) in [6.07, 6.45) is 0. The van der Waals surface area contributed by atoms with Gasteiger partial charge in [-0.1, -0.05) is 5.22 Å². The van der Waals surface area contributed by atoms with E-state index in [4.69, 9.17) is 0 Å². The van der Waals surface area contributed by atoms with Crippen molar-refractivity contribution in [1.29, 1.82) is 0 Å². The highest BCUT2D eigenvalue weighted by atomic mass is 31.0. The molecule has 1 aliphatic heterocycles. The van der Waals surface area contributed by atoms with Crippen LogP contribution in [0.3, 0.4) is 0 Å². The standard InChI is InChI=1S/CH4N4.H3P/c1-2-4-5-3-1;/h1H2,(H,2,5)(H,3,4);1H3. The Bertz CT molecular complexity index is 45.5. The number of hydrazine groups is 1. The van der Waals surface area contributed by atoms with Gasteiger partial charge in [0, 0.05) is 0 Å². The lowest BCUT2D eigenvalue weighted by molar-refractivity contribution is 0.651. The normalized spacial score (nSPS) is 16.0. The fourth-order valence-corrected chi connectivity index (χ4v) is 0.177. The maximum Gasteiger partial charge on any atom is 0.130 e. The van der Waals surface area contributed by atoms with Crippen LogP contribution in [-0.4, -0.2) is 6.67 Å². The second-order valence-corrected chi connectivity index (χ2v) is 0.688. The van der Waals surface area contributed by atoms with Gasteiger partial charge in [0.1, 0.15) is 6.67 Å². The van der Waals surface area contributed by atoms with Crippen molar-refractivity contribution in [2.45, 2.75) is 0 Å². The fourth-order valence-electron chi connectivity index (χ4n) is 0.177. The van der Waals surface area contributed by atoms with Gasteiger partial charge in [-0.25, -0.2) is 5.53 Å². The number of nitrogens with zero attached hydrogens (tertiary/aromatic N) is 2. The summed E-state index contributed by atoms with van der Waals surface area (Å²) < 4.78 is 0. The first-order chi connectivity index (χ1) is 2.50. The molecule has 0 aromatic rings. The number of nitrogens with one attached hydrogen (secondary N) is 2. The second kappa shape index (κ2) is 3.00. The Labute approximate surface area is 39.0 Å². The second-order valence-electron chi connectivity index (χ2n) is 0.688. The monoisotopic (exact) mass is 106 g/mol. The van der Waals surface area contributed by atoms with Crippen LogP contribution in [-0.2, 0) is 0 Å². The summed E-state index contributed by atoms with van der Waals surface area (Å²) >= 11 is 0. The highest BCUT2D eigenvalue weighted by Crippen LogP contribution is 1.68. The van der Waals surface area contributed by atoms with Gasteiger partial charge in [0.2, 0.25) is 0 Å². The molecule has 1 atom stereocenters. The molecule has 0 spiro atoms. The molecule has 0 amide bonds. The van der Waals surface area contributed by atoms with Crippen molar-refractivity contribution >= 4 is 9.90 Å². The first-order valence-corrected chi connectivity index (χ1v) is 1.34. The lowest BCUT2D eigenvalue weighted by Gasteiger charge is -1.77. The molecule has 0 bridgehead atoms. The Kier molecular flexibility index (Phi) is 2.89. The molecular formula is CH7N4P. The van der Waals surface area contributed by atoms with Crippen LogP contribution in [0.5, 0.6) is 0 Å². The zero-order valence-corrected chi connectivity index (χ0v) is 4.72. The molecule has 1 heterocycles. The van der Waals surface area contributed by atoms with Crippen molar-refractivity contribution < 1.29 is 0 Å². The molecule has 36 valence electrons. The molecule has 0 saturated carbocycles. The lowest BCUT2D eigenvalue weighted by Crippen LogP contribution is -2.19. The smallest absolute Gasteiger partial charge is 0.130 e. The van der Waals surface area contributed by atoms with Gasteiger partial charge in [-0.3, -0.25) is 0 Å². The predicted molar refractivity (Wildman–Crippen MR) is 27.1 cm³/mol. The van der Waals surface area contributed by atoms with E-state index in [9.17, 15) is 0 Å². The van der Waals surface area contributed by atoms with Crippen LogP contribution in [0.4, 0.5) is 0 Å². The summed E-state index contributed by atoms with van der Waals surface area (Å²) in [7, 11) is 0. The van der Waals surface area contributed by atoms with E-state index in [1.54, 1.807) is 0 Å². The molecule has 2 N–H and O–H groups in total. The molecule has 0 aromatic carbocycles. The van der Waals surface area contributed by atoms with Crippen LogP contribution >= 0.6 is 9.90 Å². The zero-order valence-electron chi connectivity index (χ0n) is 3.31. The van der Waals surface area contributed by atoms with E-state index < -0.39 is 0 Å². The van der Waals surface area contributed by atoms with Crippen molar-refractivity contribution in [1.82, 2.24) is 11.0 Å². The molecule has 1 unspecified atom stereocenters. The molecule has 6 heavy (non-hydrogen) atoms. The van der Waals surface area contributed by atoms with Crippen LogP contribution in [0.25, 0.3) is 0 Å². The van der Waals surface area contributed by atoms with Gasteiger partial charge in [-0.15, -0.1) is 0 Å². The van der Waals surface area contributed by atoms with Crippen molar-refractivity contribution in [2.75, 3.05) is 6.67 Å². The Morgan fingerprint density at radius 3 is 2.50 bits per heavy atom. The molecule has 0 radical (unpaired) electrons. The third kappa shape index (κ3) is 1.29. The van der Waals surface area contributed by atoms with Crippen molar-refractivity contribution in [3.8, 4) is 0 Å². The van der Waals surface area contributed by atoms with Crippen LogP contribution < -0.4 is 11.0 Å². The zero-order chi connectivity index (χ0) is 3.54. The Morgan fingerprint density at radius 1 is 1.50 bits per heavy atom. The molecule has 5 heteroatoms. The van der Waals surface area contributed by atoms with Crippen LogP contribution in [0.1, 0.15) is 0 Å². The summed E-state index contributed by atoms with van der Waals surface area (Å²) in [5, 5.41) is 6.83. The van der Waals surface area contributed by atoms with Gasteiger partial charge < -0.3 is 0 Å². The summed E-state index contributed by atoms with van der Waals surface area (Å²) in [6.45, 7) is 0.597. The SMILES string of the molecule is C1N=NNN1.P.